The molecule has 0 fully saturated rings. The van der Waals surface area contributed by atoms with Gasteiger partial charge in [-0.1, -0.05) is 0 Å². The molecular formula is C8H6F3NO2. The summed E-state index contributed by atoms with van der Waals surface area (Å²) in [6, 6.07) is 0.486. The molecule has 1 aromatic rings. The Hall–Kier alpha value is -1.72. The lowest BCUT2D eigenvalue weighted by molar-refractivity contribution is 0.0995. The van der Waals surface area contributed by atoms with Gasteiger partial charge >= 0.3 is 0 Å². The fraction of sp³-hybridized carbons (Fsp3) is 0.125. The predicted octanol–water partition coefficient (Wildman–Crippen LogP) is 1.21. The molecule has 2 N–H and O–H groups in total. The van der Waals surface area contributed by atoms with Crippen molar-refractivity contribution in [2.45, 2.75) is 0 Å². The summed E-state index contributed by atoms with van der Waals surface area (Å²) >= 11 is 0. The minimum absolute atomic E-state index is 0.486. The molecule has 1 amide bonds. The van der Waals surface area contributed by atoms with E-state index >= 15 is 0 Å². The van der Waals surface area contributed by atoms with Crippen LogP contribution in [0, 0.1) is 17.5 Å². The van der Waals surface area contributed by atoms with E-state index in [1.807, 2.05) is 0 Å². The molecule has 1 rings (SSSR count). The lowest BCUT2D eigenvalue weighted by Gasteiger charge is -2.07. The Kier molecular flexibility index (Phi) is 2.64. The highest BCUT2D eigenvalue weighted by atomic mass is 19.2. The van der Waals surface area contributed by atoms with Gasteiger partial charge in [-0.2, -0.15) is 4.39 Å². The van der Waals surface area contributed by atoms with Gasteiger partial charge in [0.25, 0.3) is 5.91 Å². The van der Waals surface area contributed by atoms with E-state index in [1.54, 1.807) is 0 Å². The van der Waals surface area contributed by atoms with Crippen molar-refractivity contribution in [1.82, 2.24) is 0 Å². The number of nitrogens with two attached hydrogens (primary N) is 1. The Labute approximate surface area is 77.3 Å². The van der Waals surface area contributed by atoms with Gasteiger partial charge in [-0.15, -0.1) is 0 Å². The van der Waals surface area contributed by atoms with Crippen molar-refractivity contribution in [2.75, 3.05) is 7.11 Å². The number of hydrogen-bond acceptors (Lipinski definition) is 2. The molecule has 0 bridgehead atoms. The number of carbonyl (C=O) groups excluding carboxylic acids is 1. The van der Waals surface area contributed by atoms with E-state index in [-0.39, 0.29) is 0 Å². The average Bonchev–Trinajstić information content (AvgIpc) is 2.13. The summed E-state index contributed by atoms with van der Waals surface area (Å²) in [4.78, 5) is 10.7. The zero-order valence-corrected chi connectivity index (χ0v) is 7.11. The van der Waals surface area contributed by atoms with Crippen molar-refractivity contribution in [1.29, 1.82) is 0 Å². The van der Waals surface area contributed by atoms with Crippen LogP contribution in [0.3, 0.4) is 0 Å². The fourth-order valence-electron chi connectivity index (χ4n) is 0.961. The number of amides is 1. The van der Waals surface area contributed by atoms with Crippen molar-refractivity contribution in [3.05, 3.63) is 29.1 Å². The maximum atomic E-state index is 12.9. The maximum Gasteiger partial charge on any atom is 0.252 e. The fourth-order valence-corrected chi connectivity index (χ4v) is 0.961. The molecule has 0 radical (unpaired) electrons. The molecule has 0 saturated carbocycles. The molecule has 0 aliphatic rings. The van der Waals surface area contributed by atoms with Gasteiger partial charge in [-0.3, -0.25) is 4.79 Å². The van der Waals surface area contributed by atoms with E-state index in [0.29, 0.717) is 6.07 Å². The Morgan fingerprint density at radius 3 is 2.36 bits per heavy atom. The van der Waals surface area contributed by atoms with Crippen molar-refractivity contribution in [3.63, 3.8) is 0 Å². The van der Waals surface area contributed by atoms with Crippen LogP contribution in [0.2, 0.25) is 0 Å². The second-order valence-corrected chi connectivity index (χ2v) is 2.43. The molecular weight excluding hydrogens is 199 g/mol. The Bertz CT molecular complexity index is 393. The van der Waals surface area contributed by atoms with Gasteiger partial charge in [-0.05, 0) is 6.07 Å². The van der Waals surface area contributed by atoms with E-state index in [4.69, 9.17) is 5.73 Å². The lowest BCUT2D eigenvalue weighted by atomic mass is 10.1. The molecule has 76 valence electrons. The van der Waals surface area contributed by atoms with Crippen molar-refractivity contribution < 1.29 is 22.7 Å². The molecule has 0 atom stereocenters. The third-order valence-electron chi connectivity index (χ3n) is 1.59. The highest BCUT2D eigenvalue weighted by Crippen LogP contribution is 2.26. The summed E-state index contributed by atoms with van der Waals surface area (Å²) in [7, 11) is 1.02. The van der Waals surface area contributed by atoms with Gasteiger partial charge in [0.2, 0.25) is 5.82 Å². The third-order valence-corrected chi connectivity index (χ3v) is 1.59. The molecule has 3 nitrogen and oxygen atoms in total. The number of rotatable bonds is 2. The zero-order chi connectivity index (χ0) is 10.9. The molecule has 0 aliphatic carbocycles. The molecule has 6 heteroatoms. The SMILES string of the molecule is COc1c(C(N)=O)cc(F)c(F)c1F. The minimum Gasteiger partial charge on any atom is -0.493 e. The zero-order valence-electron chi connectivity index (χ0n) is 7.11. The number of methoxy groups -OCH3 is 1. The van der Waals surface area contributed by atoms with Crippen LogP contribution in [0.1, 0.15) is 10.4 Å². The predicted molar refractivity (Wildman–Crippen MR) is 41.4 cm³/mol. The highest BCUT2D eigenvalue weighted by Gasteiger charge is 2.21. The summed E-state index contributed by atoms with van der Waals surface area (Å²) in [5.41, 5.74) is 4.27. The first-order valence-electron chi connectivity index (χ1n) is 3.50. The van der Waals surface area contributed by atoms with Crippen LogP contribution >= 0.6 is 0 Å². The number of halogens is 3. The quantitative estimate of drug-likeness (QED) is 0.738. The maximum absolute atomic E-state index is 12.9. The minimum atomic E-state index is -1.70. The van der Waals surface area contributed by atoms with E-state index in [1.165, 1.54) is 0 Å². The smallest absolute Gasteiger partial charge is 0.252 e. The van der Waals surface area contributed by atoms with Crippen LogP contribution in [0.25, 0.3) is 0 Å². The topological polar surface area (TPSA) is 52.3 Å². The number of ether oxygens (including phenoxy) is 1. The van der Waals surface area contributed by atoms with E-state index in [0.717, 1.165) is 7.11 Å². The van der Waals surface area contributed by atoms with Gasteiger partial charge in [0.1, 0.15) is 0 Å². The van der Waals surface area contributed by atoms with Crippen molar-refractivity contribution in [3.8, 4) is 5.75 Å². The number of primary amides is 1. The monoisotopic (exact) mass is 205 g/mol. The molecule has 0 aromatic heterocycles. The Morgan fingerprint density at radius 2 is 1.93 bits per heavy atom. The normalized spacial score (nSPS) is 10.0. The first kappa shape index (κ1) is 10.4. The summed E-state index contributed by atoms with van der Waals surface area (Å²) in [5, 5.41) is 0. The molecule has 1 aromatic carbocycles. The van der Waals surface area contributed by atoms with Crippen LogP contribution in [0.4, 0.5) is 13.2 Å². The third kappa shape index (κ3) is 1.50. The highest BCUT2D eigenvalue weighted by molar-refractivity contribution is 5.95. The summed E-state index contributed by atoms with van der Waals surface area (Å²) in [5.74, 6) is -6.55. The number of benzene rings is 1. The standard InChI is InChI=1S/C8H6F3NO2/c1-14-7-3(8(12)13)2-4(9)5(10)6(7)11/h2H,1H3,(H2,12,13). The van der Waals surface area contributed by atoms with Crippen LogP contribution in [-0.2, 0) is 0 Å². The molecule has 0 heterocycles. The van der Waals surface area contributed by atoms with Gasteiger partial charge in [0.15, 0.2) is 17.4 Å². The molecule has 0 saturated heterocycles. The van der Waals surface area contributed by atoms with E-state index in [2.05, 4.69) is 4.74 Å². The van der Waals surface area contributed by atoms with Crippen molar-refractivity contribution >= 4 is 5.91 Å². The summed E-state index contributed by atoms with van der Waals surface area (Å²) in [6.45, 7) is 0. The number of carbonyl (C=O) groups is 1. The van der Waals surface area contributed by atoms with Gasteiger partial charge < -0.3 is 10.5 Å². The summed E-state index contributed by atoms with van der Waals surface area (Å²) in [6.07, 6.45) is 0. The first-order chi connectivity index (χ1) is 6.49. The molecule has 14 heavy (non-hydrogen) atoms. The molecule has 0 spiro atoms. The van der Waals surface area contributed by atoms with Crippen LogP contribution in [0.5, 0.6) is 5.75 Å². The Balaban J connectivity index is 3.51. The van der Waals surface area contributed by atoms with Crippen molar-refractivity contribution in [2.24, 2.45) is 5.73 Å². The second kappa shape index (κ2) is 3.57. The van der Waals surface area contributed by atoms with E-state index < -0.39 is 34.7 Å². The van der Waals surface area contributed by atoms with Crippen LogP contribution in [-0.4, -0.2) is 13.0 Å². The number of hydrogen-bond donors (Lipinski definition) is 1. The van der Waals surface area contributed by atoms with Crippen LogP contribution in [0.15, 0.2) is 6.07 Å². The second-order valence-electron chi connectivity index (χ2n) is 2.43. The molecule has 0 unspecified atom stereocenters. The van der Waals surface area contributed by atoms with Gasteiger partial charge in [0, 0.05) is 0 Å². The summed E-state index contributed by atoms with van der Waals surface area (Å²) < 4.78 is 42.6. The van der Waals surface area contributed by atoms with Gasteiger partial charge in [0.05, 0.1) is 12.7 Å². The first-order valence-corrected chi connectivity index (χ1v) is 3.50. The lowest BCUT2D eigenvalue weighted by Crippen LogP contribution is -2.14. The Morgan fingerprint density at radius 1 is 1.36 bits per heavy atom. The molecule has 0 aliphatic heterocycles. The largest absolute Gasteiger partial charge is 0.493 e. The average molecular weight is 205 g/mol. The van der Waals surface area contributed by atoms with Crippen LogP contribution < -0.4 is 10.5 Å². The van der Waals surface area contributed by atoms with Gasteiger partial charge in [-0.25, -0.2) is 8.78 Å². The van der Waals surface area contributed by atoms with E-state index in [9.17, 15) is 18.0 Å².